The molecule has 0 amide bonds. The van der Waals surface area contributed by atoms with Crippen molar-refractivity contribution in [2.24, 2.45) is 0 Å². The van der Waals surface area contributed by atoms with Crippen LogP contribution >= 0.6 is 23.5 Å². The first-order valence-corrected chi connectivity index (χ1v) is 13.0. The summed E-state index contributed by atoms with van der Waals surface area (Å²) in [5, 5.41) is 18.9. The van der Waals surface area contributed by atoms with Crippen molar-refractivity contribution in [2.75, 3.05) is 0 Å². The predicted octanol–water partition coefficient (Wildman–Crippen LogP) is 9.17. The van der Waals surface area contributed by atoms with Crippen molar-refractivity contribution in [3.63, 3.8) is 0 Å². The number of para-hydroxylation sites is 2. The molecule has 0 spiro atoms. The van der Waals surface area contributed by atoms with Crippen molar-refractivity contribution in [3.05, 3.63) is 97.1 Å². The number of aromatic hydroxyl groups is 2. The minimum atomic E-state index is 0. The Morgan fingerprint density at radius 3 is 1.17 bits per heavy atom. The van der Waals surface area contributed by atoms with E-state index in [4.69, 9.17) is 0 Å². The molecule has 0 bridgehead atoms. The minimum absolute atomic E-state index is 0. The van der Waals surface area contributed by atoms with Crippen molar-refractivity contribution in [3.8, 4) is 11.5 Å². The monoisotopic (exact) mass is 584 g/mol. The Morgan fingerprint density at radius 1 is 0.629 bits per heavy atom. The largest absolute Gasteiger partial charge is 2.00 e. The third kappa shape index (κ3) is 18.5. The van der Waals surface area contributed by atoms with Gasteiger partial charge in [-0.3, -0.25) is 12.2 Å². The molecule has 2 aliphatic rings. The van der Waals surface area contributed by atoms with Crippen LogP contribution in [0.25, 0.3) is 0 Å². The van der Waals surface area contributed by atoms with Gasteiger partial charge in [-0.1, -0.05) is 65.8 Å². The third-order valence-electron chi connectivity index (χ3n) is 3.73. The van der Waals surface area contributed by atoms with Gasteiger partial charge in [-0.05, 0) is 24.3 Å². The van der Waals surface area contributed by atoms with Crippen LogP contribution in [0.15, 0.2) is 94.8 Å². The second-order valence-corrected chi connectivity index (χ2v) is 13.1. The molecule has 0 aromatic heterocycles. The quantitative estimate of drug-likeness (QED) is 0.272. The molecule has 0 saturated carbocycles. The molecule has 2 aromatic carbocycles. The second kappa shape index (κ2) is 17.9. The average Bonchev–Trinajstić information content (AvgIpc) is 3.49. The van der Waals surface area contributed by atoms with Crippen LogP contribution in [0.4, 0.5) is 0 Å². The number of thioether (sulfide) groups is 2. The summed E-state index contributed by atoms with van der Waals surface area (Å²) in [5.74, 6) is 0.745. The van der Waals surface area contributed by atoms with Crippen LogP contribution in [0.1, 0.15) is 54.4 Å². The van der Waals surface area contributed by atoms with Crippen molar-refractivity contribution in [2.45, 2.75) is 73.7 Å². The summed E-state index contributed by atoms with van der Waals surface area (Å²) in [6, 6.07) is 14.9. The van der Waals surface area contributed by atoms with E-state index >= 15 is 0 Å². The summed E-state index contributed by atoms with van der Waals surface area (Å²) in [5.41, 5.74) is 0. The zero-order chi connectivity index (χ0) is 25.5. The topological polar surface area (TPSA) is 40.5 Å². The van der Waals surface area contributed by atoms with Gasteiger partial charge in [-0.15, -0.1) is 36.4 Å². The van der Waals surface area contributed by atoms with E-state index in [9.17, 15) is 10.2 Å². The molecule has 2 aliphatic carbocycles. The SMILES string of the molecule is CC(C)(C)Sc1ccccc1O.CC(C)(C)Sc1ccccc1O.[C-]1=CC=CC1.[C-]1=CC=CC1.[Zr+2]. The van der Waals surface area contributed by atoms with E-state index in [2.05, 4.69) is 65.8 Å². The van der Waals surface area contributed by atoms with E-state index in [1.165, 1.54) is 0 Å². The molecule has 2 aromatic rings. The molecule has 186 valence electrons. The van der Waals surface area contributed by atoms with Crippen molar-refractivity contribution < 1.29 is 36.4 Å². The van der Waals surface area contributed by atoms with E-state index in [-0.39, 0.29) is 35.7 Å². The molecule has 0 heterocycles. The molecule has 0 aliphatic heterocycles. The van der Waals surface area contributed by atoms with E-state index in [0.717, 1.165) is 22.6 Å². The first kappa shape index (κ1) is 33.6. The van der Waals surface area contributed by atoms with Crippen LogP contribution in [-0.4, -0.2) is 19.7 Å². The van der Waals surface area contributed by atoms with Crippen molar-refractivity contribution in [1.82, 2.24) is 0 Å². The zero-order valence-electron chi connectivity index (χ0n) is 21.7. The van der Waals surface area contributed by atoms with Gasteiger partial charge in [0.2, 0.25) is 0 Å². The zero-order valence-corrected chi connectivity index (χ0v) is 25.8. The number of benzene rings is 2. The van der Waals surface area contributed by atoms with Gasteiger partial charge in [-0.25, -0.2) is 24.3 Å². The van der Waals surface area contributed by atoms with E-state index in [1.807, 2.05) is 60.7 Å². The summed E-state index contributed by atoms with van der Waals surface area (Å²) in [6.07, 6.45) is 20.0. The Labute approximate surface area is 240 Å². The Morgan fingerprint density at radius 2 is 0.971 bits per heavy atom. The van der Waals surface area contributed by atoms with E-state index < -0.39 is 0 Å². The van der Waals surface area contributed by atoms with Crippen LogP contribution < -0.4 is 0 Å². The van der Waals surface area contributed by atoms with E-state index in [0.29, 0.717) is 11.5 Å². The molecule has 0 saturated heterocycles. The molecule has 0 fully saturated rings. The fourth-order valence-electron chi connectivity index (χ4n) is 2.43. The van der Waals surface area contributed by atoms with E-state index in [1.54, 1.807) is 35.7 Å². The molecule has 4 rings (SSSR count). The van der Waals surface area contributed by atoms with Gasteiger partial charge in [0.05, 0.1) is 0 Å². The van der Waals surface area contributed by atoms with Crippen molar-refractivity contribution in [1.29, 1.82) is 0 Å². The third-order valence-corrected chi connectivity index (χ3v) is 6.09. The fourth-order valence-corrected chi connectivity index (χ4v) is 4.39. The smallest absolute Gasteiger partial charge is 0.507 e. The Bertz CT molecular complexity index is 865. The molecule has 0 radical (unpaired) electrons. The number of hydrogen-bond acceptors (Lipinski definition) is 4. The maximum Gasteiger partial charge on any atom is 2.00 e. The number of phenolic OH excluding ortho intramolecular Hbond substituents is 2. The molecule has 2 nitrogen and oxygen atoms in total. The molecule has 0 atom stereocenters. The number of phenols is 2. The minimum Gasteiger partial charge on any atom is -0.507 e. The van der Waals surface area contributed by atoms with Gasteiger partial charge in [0.15, 0.2) is 0 Å². The Balaban J connectivity index is 0.000000468. The predicted molar refractivity (Wildman–Crippen MR) is 151 cm³/mol. The molecule has 35 heavy (non-hydrogen) atoms. The Kier molecular flexibility index (Phi) is 17.2. The molecular formula is C30H38O2S2Zr. The van der Waals surface area contributed by atoms with Crippen LogP contribution in [0.3, 0.4) is 0 Å². The fraction of sp³-hybridized carbons (Fsp3) is 0.333. The van der Waals surface area contributed by atoms with Gasteiger partial charge in [0.25, 0.3) is 0 Å². The summed E-state index contributed by atoms with van der Waals surface area (Å²) in [7, 11) is 0. The summed E-state index contributed by atoms with van der Waals surface area (Å²) in [6.45, 7) is 12.8. The van der Waals surface area contributed by atoms with Gasteiger partial charge in [0.1, 0.15) is 11.5 Å². The van der Waals surface area contributed by atoms with Gasteiger partial charge < -0.3 is 10.2 Å². The standard InChI is InChI=1S/2C10H14OS.2C5H5.Zr/c2*1-10(2,3)12-9-7-5-4-6-8(9)11;2*1-2-4-5-3-1;/h2*4-7,11H,1-3H3;2*1-3H,4H2;/q;;2*-1;+2. The summed E-state index contributed by atoms with van der Waals surface area (Å²) in [4.78, 5) is 1.90. The van der Waals surface area contributed by atoms with Gasteiger partial charge >= 0.3 is 26.2 Å². The number of allylic oxidation sites excluding steroid dienone is 8. The summed E-state index contributed by atoms with van der Waals surface area (Å²) >= 11 is 3.35. The van der Waals surface area contributed by atoms with Gasteiger partial charge in [0, 0.05) is 19.3 Å². The molecule has 2 N–H and O–H groups in total. The van der Waals surface area contributed by atoms with Gasteiger partial charge in [-0.2, -0.15) is 12.2 Å². The normalized spacial score (nSPS) is 13.0. The average molecular weight is 586 g/mol. The number of hydrogen-bond donors (Lipinski definition) is 2. The first-order chi connectivity index (χ1) is 16.0. The maximum atomic E-state index is 9.45. The maximum absolute atomic E-state index is 9.45. The molecule has 0 unspecified atom stereocenters. The first-order valence-electron chi connectivity index (χ1n) is 11.4. The van der Waals surface area contributed by atoms with Crippen molar-refractivity contribution >= 4 is 23.5 Å². The summed E-state index contributed by atoms with van der Waals surface area (Å²) < 4.78 is 0.303. The Hall–Kier alpha value is -1.42. The van der Waals surface area contributed by atoms with Crippen LogP contribution in [0, 0.1) is 12.2 Å². The van der Waals surface area contributed by atoms with Crippen LogP contribution in [-0.2, 0) is 26.2 Å². The van der Waals surface area contributed by atoms with Crippen LogP contribution in [0.5, 0.6) is 11.5 Å². The van der Waals surface area contributed by atoms with Crippen LogP contribution in [0.2, 0.25) is 0 Å². The number of rotatable bonds is 2. The second-order valence-electron chi connectivity index (χ2n) is 9.37. The molecular weight excluding hydrogens is 548 g/mol. The molecule has 5 heteroatoms.